The standard InChI is InChI=1S/C10H13IO2S2/c1-8-2-4-9(5-3-8)15(12,13)7-6-10(11)14/h2-5,10,14H,6-7H2,1H3. The van der Waals surface area contributed by atoms with Gasteiger partial charge in [-0.2, -0.15) is 12.6 Å². The summed E-state index contributed by atoms with van der Waals surface area (Å²) < 4.78 is 23.7. The minimum atomic E-state index is -3.13. The minimum absolute atomic E-state index is 0.0859. The molecule has 1 atom stereocenters. The van der Waals surface area contributed by atoms with Gasteiger partial charge in [0.05, 0.1) is 13.9 Å². The molecule has 0 fully saturated rings. The van der Waals surface area contributed by atoms with Crippen molar-refractivity contribution in [3.05, 3.63) is 29.8 Å². The fourth-order valence-corrected chi connectivity index (χ4v) is 3.49. The van der Waals surface area contributed by atoms with Gasteiger partial charge < -0.3 is 0 Å². The molecule has 0 amide bonds. The van der Waals surface area contributed by atoms with Gasteiger partial charge in [0.25, 0.3) is 0 Å². The minimum Gasteiger partial charge on any atom is -0.224 e. The molecule has 0 bridgehead atoms. The van der Waals surface area contributed by atoms with Gasteiger partial charge in [-0.3, -0.25) is 0 Å². The van der Waals surface area contributed by atoms with E-state index in [2.05, 4.69) is 35.2 Å². The molecule has 1 aromatic rings. The molecule has 0 radical (unpaired) electrons. The third kappa shape index (κ3) is 4.32. The van der Waals surface area contributed by atoms with Crippen molar-refractivity contribution in [1.29, 1.82) is 0 Å². The topological polar surface area (TPSA) is 34.1 Å². The number of hydrogen-bond donors (Lipinski definition) is 1. The lowest BCUT2D eigenvalue weighted by atomic mass is 10.2. The normalized spacial score (nSPS) is 13.8. The number of thiol groups is 1. The average molecular weight is 356 g/mol. The molecule has 0 N–H and O–H groups in total. The summed E-state index contributed by atoms with van der Waals surface area (Å²) in [5.41, 5.74) is 1.06. The van der Waals surface area contributed by atoms with Crippen LogP contribution in [0, 0.1) is 6.92 Å². The summed E-state index contributed by atoms with van der Waals surface area (Å²) in [6.45, 7) is 1.94. The quantitative estimate of drug-likeness (QED) is 0.511. The monoisotopic (exact) mass is 356 g/mol. The highest BCUT2D eigenvalue weighted by Crippen LogP contribution is 2.17. The first-order valence-electron chi connectivity index (χ1n) is 4.53. The number of halogens is 1. The molecule has 1 unspecified atom stereocenters. The van der Waals surface area contributed by atoms with Crippen molar-refractivity contribution in [3.8, 4) is 0 Å². The van der Waals surface area contributed by atoms with Crippen LogP contribution in [0.15, 0.2) is 29.2 Å². The lowest BCUT2D eigenvalue weighted by Gasteiger charge is -2.05. The maximum absolute atomic E-state index is 11.8. The Bertz CT molecular complexity index is 410. The van der Waals surface area contributed by atoms with Gasteiger partial charge >= 0.3 is 0 Å². The van der Waals surface area contributed by atoms with Gasteiger partial charge in [-0.15, -0.1) is 0 Å². The van der Waals surface area contributed by atoms with E-state index in [4.69, 9.17) is 0 Å². The van der Waals surface area contributed by atoms with Crippen LogP contribution < -0.4 is 0 Å². The molecule has 15 heavy (non-hydrogen) atoms. The fourth-order valence-electron chi connectivity index (χ4n) is 1.12. The van der Waals surface area contributed by atoms with Crippen molar-refractivity contribution in [2.24, 2.45) is 0 Å². The Kier molecular flexibility index (Phi) is 4.92. The molecule has 84 valence electrons. The highest BCUT2D eigenvalue weighted by atomic mass is 127. The number of aryl methyl sites for hydroxylation is 1. The molecule has 5 heteroatoms. The van der Waals surface area contributed by atoms with Crippen LogP contribution in [0.1, 0.15) is 12.0 Å². The van der Waals surface area contributed by atoms with Gasteiger partial charge in [0.15, 0.2) is 9.84 Å². The van der Waals surface area contributed by atoms with Gasteiger partial charge in [0.2, 0.25) is 0 Å². The molecule has 2 nitrogen and oxygen atoms in total. The fraction of sp³-hybridized carbons (Fsp3) is 0.400. The van der Waals surface area contributed by atoms with Crippen LogP contribution in [-0.2, 0) is 9.84 Å². The summed E-state index contributed by atoms with van der Waals surface area (Å²) >= 11 is 6.27. The molecule has 0 aliphatic rings. The van der Waals surface area contributed by atoms with Crippen molar-refractivity contribution in [2.45, 2.75) is 21.5 Å². The molecule has 1 rings (SSSR count). The number of sulfone groups is 1. The molecule has 0 aliphatic carbocycles. The Hall–Kier alpha value is 0.250. The zero-order valence-corrected chi connectivity index (χ0v) is 12.2. The summed E-state index contributed by atoms with van der Waals surface area (Å²) in [5.74, 6) is 0.160. The van der Waals surface area contributed by atoms with E-state index in [1.54, 1.807) is 12.1 Å². The summed E-state index contributed by atoms with van der Waals surface area (Å²) in [7, 11) is -3.13. The zero-order valence-electron chi connectivity index (χ0n) is 8.35. The van der Waals surface area contributed by atoms with E-state index in [1.807, 2.05) is 19.1 Å². The lowest BCUT2D eigenvalue weighted by molar-refractivity contribution is 0.594. The number of benzene rings is 1. The van der Waals surface area contributed by atoms with E-state index >= 15 is 0 Å². The Balaban J connectivity index is 2.82. The Morgan fingerprint density at radius 3 is 2.33 bits per heavy atom. The van der Waals surface area contributed by atoms with E-state index in [1.165, 1.54) is 0 Å². The maximum Gasteiger partial charge on any atom is 0.178 e. The zero-order chi connectivity index (χ0) is 11.5. The van der Waals surface area contributed by atoms with Gasteiger partial charge in [-0.25, -0.2) is 8.42 Å². The van der Waals surface area contributed by atoms with Crippen LogP contribution >= 0.6 is 35.2 Å². The van der Waals surface area contributed by atoms with Gasteiger partial charge in [-0.05, 0) is 25.5 Å². The van der Waals surface area contributed by atoms with Crippen LogP contribution in [0.4, 0.5) is 0 Å². The molecule has 1 aromatic carbocycles. The van der Waals surface area contributed by atoms with Crippen LogP contribution in [0.2, 0.25) is 0 Å². The number of alkyl halides is 1. The third-order valence-corrected chi connectivity index (χ3v) is 4.65. The number of rotatable bonds is 4. The van der Waals surface area contributed by atoms with Crippen molar-refractivity contribution in [3.63, 3.8) is 0 Å². The third-order valence-electron chi connectivity index (χ3n) is 2.00. The lowest BCUT2D eigenvalue weighted by Crippen LogP contribution is -2.09. The summed E-state index contributed by atoms with van der Waals surface area (Å²) in [5, 5.41) is 0. The van der Waals surface area contributed by atoms with Crippen LogP contribution in [0.5, 0.6) is 0 Å². The number of hydrogen-bond acceptors (Lipinski definition) is 3. The van der Waals surface area contributed by atoms with Crippen molar-refractivity contribution in [2.75, 3.05) is 5.75 Å². The Labute approximate surface area is 110 Å². The Morgan fingerprint density at radius 1 is 1.33 bits per heavy atom. The molecular weight excluding hydrogens is 343 g/mol. The molecule has 0 aromatic heterocycles. The van der Waals surface area contributed by atoms with Crippen molar-refractivity contribution >= 4 is 45.1 Å². The largest absolute Gasteiger partial charge is 0.224 e. The highest BCUT2D eigenvalue weighted by molar-refractivity contribution is 14.1. The second kappa shape index (κ2) is 5.54. The molecular formula is C10H13IO2S2. The van der Waals surface area contributed by atoms with Gasteiger partial charge in [0, 0.05) is 0 Å². The predicted molar refractivity (Wildman–Crippen MR) is 74.6 cm³/mol. The molecule has 0 saturated carbocycles. The molecule has 0 spiro atoms. The molecule has 0 heterocycles. The SMILES string of the molecule is Cc1ccc(S(=O)(=O)CCC(S)I)cc1. The molecule has 0 saturated heterocycles. The highest BCUT2D eigenvalue weighted by Gasteiger charge is 2.14. The second-order valence-electron chi connectivity index (χ2n) is 3.36. The van der Waals surface area contributed by atoms with Gasteiger partial charge in [0.1, 0.15) is 0 Å². The van der Waals surface area contributed by atoms with E-state index in [0.717, 1.165) is 5.56 Å². The summed E-state index contributed by atoms with van der Waals surface area (Å²) in [4.78, 5) is 0.401. The first kappa shape index (κ1) is 13.3. The summed E-state index contributed by atoms with van der Waals surface area (Å²) in [6, 6.07) is 6.95. The second-order valence-corrected chi connectivity index (χ2v) is 8.58. The van der Waals surface area contributed by atoms with Crippen molar-refractivity contribution < 1.29 is 8.42 Å². The maximum atomic E-state index is 11.8. The van der Waals surface area contributed by atoms with E-state index < -0.39 is 9.84 Å². The van der Waals surface area contributed by atoms with E-state index in [9.17, 15) is 8.42 Å². The van der Waals surface area contributed by atoms with E-state index in [0.29, 0.717) is 11.3 Å². The average Bonchev–Trinajstić information content (AvgIpc) is 2.16. The van der Waals surface area contributed by atoms with Gasteiger partial charge in [-0.1, -0.05) is 40.3 Å². The first-order valence-corrected chi connectivity index (χ1v) is 7.95. The smallest absolute Gasteiger partial charge is 0.178 e. The first-order chi connectivity index (χ1) is 6.92. The van der Waals surface area contributed by atoms with Crippen molar-refractivity contribution in [1.82, 2.24) is 0 Å². The molecule has 0 aliphatic heterocycles. The van der Waals surface area contributed by atoms with Crippen LogP contribution in [0.25, 0.3) is 0 Å². The van der Waals surface area contributed by atoms with Crippen LogP contribution in [0.3, 0.4) is 0 Å². The van der Waals surface area contributed by atoms with Crippen LogP contribution in [-0.4, -0.2) is 17.4 Å². The Morgan fingerprint density at radius 2 is 1.87 bits per heavy atom. The summed E-state index contributed by atoms with van der Waals surface area (Å²) in [6.07, 6.45) is 0.569. The predicted octanol–water partition coefficient (Wildman–Crippen LogP) is 2.85. The van der Waals surface area contributed by atoms with E-state index in [-0.39, 0.29) is 9.01 Å².